The van der Waals surface area contributed by atoms with Crippen molar-refractivity contribution in [2.45, 2.75) is 58.5 Å². The molecule has 2 heteroatoms. The monoisotopic (exact) mass is 260 g/mol. The van der Waals surface area contributed by atoms with Gasteiger partial charge in [-0.05, 0) is 57.7 Å². The van der Waals surface area contributed by atoms with Gasteiger partial charge in [-0.3, -0.25) is 0 Å². The molecule has 0 saturated heterocycles. The summed E-state index contributed by atoms with van der Waals surface area (Å²) >= 11 is 0. The number of aryl methyl sites for hydroxylation is 1. The molecule has 1 N–H and O–H groups in total. The number of benzene rings is 1. The number of hydrogen-bond donors (Lipinski definition) is 1. The van der Waals surface area contributed by atoms with E-state index in [1.807, 2.05) is 0 Å². The molecule has 1 aromatic rings. The summed E-state index contributed by atoms with van der Waals surface area (Å²) in [5.74, 6) is 0. The zero-order chi connectivity index (χ0) is 13.7. The molecule has 0 radical (unpaired) electrons. The first-order valence-electron chi connectivity index (χ1n) is 7.81. The average Bonchev–Trinajstić information content (AvgIpc) is 2.44. The quantitative estimate of drug-likeness (QED) is 0.867. The van der Waals surface area contributed by atoms with Crippen LogP contribution in [0.1, 0.15) is 45.1 Å². The lowest BCUT2D eigenvalue weighted by Gasteiger charge is -2.38. The summed E-state index contributed by atoms with van der Waals surface area (Å²) in [4.78, 5) is 2.61. The smallest absolute Gasteiger partial charge is 0.0398 e. The van der Waals surface area contributed by atoms with Gasteiger partial charge in [0, 0.05) is 24.3 Å². The Balaban J connectivity index is 2.02. The zero-order valence-electron chi connectivity index (χ0n) is 12.7. The van der Waals surface area contributed by atoms with Crippen molar-refractivity contribution in [1.29, 1.82) is 0 Å². The van der Waals surface area contributed by atoms with Gasteiger partial charge >= 0.3 is 0 Å². The van der Waals surface area contributed by atoms with Crippen LogP contribution in [-0.4, -0.2) is 25.2 Å². The van der Waals surface area contributed by atoms with Crippen LogP contribution < -0.4 is 10.2 Å². The molecule has 0 amide bonds. The van der Waals surface area contributed by atoms with E-state index in [0.29, 0.717) is 0 Å². The molecule has 2 rings (SSSR count). The molecule has 0 heterocycles. The Labute approximate surface area is 118 Å². The second-order valence-corrected chi connectivity index (χ2v) is 5.64. The van der Waals surface area contributed by atoms with Gasteiger partial charge in [-0.15, -0.1) is 0 Å². The number of nitrogens with zero attached hydrogens (tertiary/aromatic N) is 1. The first-order valence-corrected chi connectivity index (χ1v) is 7.81. The van der Waals surface area contributed by atoms with Crippen molar-refractivity contribution in [2.24, 2.45) is 0 Å². The van der Waals surface area contributed by atoms with Gasteiger partial charge < -0.3 is 10.2 Å². The molecule has 0 bridgehead atoms. The lowest BCUT2D eigenvalue weighted by molar-refractivity contribution is 0.336. The Hall–Kier alpha value is -1.02. The van der Waals surface area contributed by atoms with Crippen molar-refractivity contribution in [3.63, 3.8) is 0 Å². The summed E-state index contributed by atoms with van der Waals surface area (Å²) in [5, 5.41) is 3.59. The number of anilines is 1. The highest BCUT2D eigenvalue weighted by molar-refractivity contribution is 5.53. The third-order valence-corrected chi connectivity index (χ3v) is 4.40. The molecule has 1 aliphatic rings. The van der Waals surface area contributed by atoms with Crippen LogP contribution in [0.4, 0.5) is 5.69 Å². The minimum absolute atomic E-state index is 0.723. The van der Waals surface area contributed by atoms with Crippen molar-refractivity contribution >= 4 is 5.69 Å². The summed E-state index contributed by atoms with van der Waals surface area (Å²) in [7, 11) is 0. The largest absolute Gasteiger partial charge is 0.369 e. The Bertz CT molecular complexity index is 381. The summed E-state index contributed by atoms with van der Waals surface area (Å²) in [6, 6.07) is 10.3. The van der Waals surface area contributed by atoms with E-state index in [0.717, 1.165) is 25.2 Å². The van der Waals surface area contributed by atoms with Crippen molar-refractivity contribution < 1.29 is 0 Å². The fourth-order valence-corrected chi connectivity index (χ4v) is 3.39. The Morgan fingerprint density at radius 2 is 1.79 bits per heavy atom. The molecule has 106 valence electrons. The minimum atomic E-state index is 0.723. The Kier molecular flexibility index (Phi) is 5.26. The molecule has 1 saturated carbocycles. The first-order chi connectivity index (χ1) is 9.26. The number of hydrogen-bond acceptors (Lipinski definition) is 2. The average molecular weight is 260 g/mol. The van der Waals surface area contributed by atoms with E-state index < -0.39 is 0 Å². The van der Waals surface area contributed by atoms with Crippen LogP contribution in [-0.2, 0) is 0 Å². The highest BCUT2D eigenvalue weighted by Crippen LogP contribution is 2.29. The molecule has 0 atom stereocenters. The third kappa shape index (κ3) is 3.50. The van der Waals surface area contributed by atoms with Crippen LogP contribution in [0.5, 0.6) is 0 Å². The highest BCUT2D eigenvalue weighted by atomic mass is 15.2. The normalized spacial score (nSPS) is 23.3. The fourth-order valence-electron chi connectivity index (χ4n) is 3.39. The molecule has 0 unspecified atom stereocenters. The van der Waals surface area contributed by atoms with E-state index in [9.17, 15) is 0 Å². The van der Waals surface area contributed by atoms with Crippen LogP contribution >= 0.6 is 0 Å². The Morgan fingerprint density at radius 1 is 1.11 bits per heavy atom. The zero-order valence-corrected chi connectivity index (χ0v) is 12.7. The van der Waals surface area contributed by atoms with Gasteiger partial charge in [-0.1, -0.05) is 25.1 Å². The maximum atomic E-state index is 3.59. The summed E-state index contributed by atoms with van der Waals surface area (Å²) in [6.45, 7) is 8.93. The predicted molar refractivity (Wildman–Crippen MR) is 83.9 cm³/mol. The maximum Gasteiger partial charge on any atom is 0.0398 e. The van der Waals surface area contributed by atoms with Gasteiger partial charge in [0.15, 0.2) is 0 Å². The highest BCUT2D eigenvalue weighted by Gasteiger charge is 2.25. The lowest BCUT2D eigenvalue weighted by atomic mass is 9.89. The van der Waals surface area contributed by atoms with E-state index >= 15 is 0 Å². The van der Waals surface area contributed by atoms with Crippen LogP contribution in [0.15, 0.2) is 24.3 Å². The fraction of sp³-hybridized carbons (Fsp3) is 0.647. The number of para-hydroxylation sites is 1. The van der Waals surface area contributed by atoms with Crippen LogP contribution in [0.2, 0.25) is 0 Å². The van der Waals surface area contributed by atoms with Gasteiger partial charge in [0.1, 0.15) is 0 Å². The SMILES string of the molecule is CCNC1CCC(N(CC)c2ccccc2C)CC1. The minimum Gasteiger partial charge on any atom is -0.369 e. The number of nitrogens with one attached hydrogen (secondary N) is 1. The molecule has 0 spiro atoms. The van der Waals surface area contributed by atoms with Gasteiger partial charge in [-0.2, -0.15) is 0 Å². The molecule has 0 aromatic heterocycles. The Morgan fingerprint density at radius 3 is 2.37 bits per heavy atom. The molecule has 19 heavy (non-hydrogen) atoms. The third-order valence-electron chi connectivity index (χ3n) is 4.40. The van der Waals surface area contributed by atoms with E-state index in [1.165, 1.54) is 36.9 Å². The molecule has 1 aliphatic carbocycles. The van der Waals surface area contributed by atoms with E-state index in [-0.39, 0.29) is 0 Å². The second kappa shape index (κ2) is 6.95. The summed E-state index contributed by atoms with van der Waals surface area (Å²) in [6.07, 6.45) is 5.28. The molecule has 2 nitrogen and oxygen atoms in total. The van der Waals surface area contributed by atoms with E-state index in [4.69, 9.17) is 0 Å². The standard InChI is InChI=1S/C17H28N2/c1-4-18-15-10-12-16(13-11-15)19(5-2)17-9-7-6-8-14(17)3/h6-9,15-16,18H,4-5,10-13H2,1-3H3. The van der Waals surface area contributed by atoms with Crippen molar-refractivity contribution in [3.8, 4) is 0 Å². The lowest BCUT2D eigenvalue weighted by Crippen LogP contribution is -2.42. The van der Waals surface area contributed by atoms with E-state index in [2.05, 4.69) is 55.3 Å². The molecular weight excluding hydrogens is 232 g/mol. The number of rotatable bonds is 5. The summed E-state index contributed by atoms with van der Waals surface area (Å²) < 4.78 is 0. The van der Waals surface area contributed by atoms with Gasteiger partial charge in [0.25, 0.3) is 0 Å². The molecule has 1 aromatic carbocycles. The molecule has 0 aliphatic heterocycles. The van der Waals surface area contributed by atoms with Crippen molar-refractivity contribution in [3.05, 3.63) is 29.8 Å². The maximum absolute atomic E-state index is 3.59. The van der Waals surface area contributed by atoms with Gasteiger partial charge in [0.2, 0.25) is 0 Å². The predicted octanol–water partition coefficient (Wildman–Crippen LogP) is 3.74. The van der Waals surface area contributed by atoms with Gasteiger partial charge in [0.05, 0.1) is 0 Å². The van der Waals surface area contributed by atoms with Gasteiger partial charge in [-0.25, -0.2) is 0 Å². The van der Waals surface area contributed by atoms with E-state index in [1.54, 1.807) is 0 Å². The topological polar surface area (TPSA) is 15.3 Å². The first kappa shape index (κ1) is 14.4. The second-order valence-electron chi connectivity index (χ2n) is 5.64. The molecular formula is C17H28N2. The summed E-state index contributed by atoms with van der Waals surface area (Å²) in [5.41, 5.74) is 2.83. The van der Waals surface area contributed by atoms with Crippen LogP contribution in [0.3, 0.4) is 0 Å². The van der Waals surface area contributed by atoms with Crippen molar-refractivity contribution in [1.82, 2.24) is 5.32 Å². The van der Waals surface area contributed by atoms with Crippen LogP contribution in [0.25, 0.3) is 0 Å². The molecule has 1 fully saturated rings. The van der Waals surface area contributed by atoms with Crippen molar-refractivity contribution in [2.75, 3.05) is 18.0 Å². The van der Waals surface area contributed by atoms with Crippen LogP contribution in [0, 0.1) is 6.92 Å².